The number of nitrogens with one attached hydrogen (secondary N) is 3. The number of anilines is 4. The van der Waals surface area contributed by atoms with Gasteiger partial charge in [-0.1, -0.05) is 48.2 Å². The summed E-state index contributed by atoms with van der Waals surface area (Å²) in [6.45, 7) is 7.46. The number of carbonyl (C=O) groups excluding carboxylic acids is 2. The molecule has 31 heavy (non-hydrogen) atoms. The largest absolute Gasteiger partial charge is 0.330 e. The predicted molar refractivity (Wildman–Crippen MR) is 128 cm³/mol. The Morgan fingerprint density at radius 1 is 1.06 bits per heavy atom. The van der Waals surface area contributed by atoms with Crippen LogP contribution in [-0.2, 0) is 16.0 Å². The van der Waals surface area contributed by atoms with Gasteiger partial charge in [-0.25, -0.2) is 0 Å². The number of amides is 2. The van der Waals surface area contributed by atoms with E-state index in [0.29, 0.717) is 16.5 Å². The van der Waals surface area contributed by atoms with Gasteiger partial charge >= 0.3 is 0 Å². The van der Waals surface area contributed by atoms with Crippen molar-refractivity contribution < 1.29 is 9.59 Å². The molecule has 3 N–H and O–H groups in total. The summed E-state index contributed by atoms with van der Waals surface area (Å²) in [6.07, 6.45) is 0.924. The van der Waals surface area contributed by atoms with Gasteiger partial charge in [-0.3, -0.25) is 9.59 Å². The predicted octanol–water partition coefficient (Wildman–Crippen LogP) is 5.23. The summed E-state index contributed by atoms with van der Waals surface area (Å²) in [5.41, 5.74) is 4.79. The smallest absolute Gasteiger partial charge is 0.237 e. The molecule has 9 heteroatoms. The summed E-state index contributed by atoms with van der Waals surface area (Å²) < 4.78 is 0.720. The lowest BCUT2D eigenvalue weighted by molar-refractivity contribution is -0.115. The molecule has 0 saturated carbocycles. The van der Waals surface area contributed by atoms with Crippen LogP contribution in [0.25, 0.3) is 0 Å². The van der Waals surface area contributed by atoms with Gasteiger partial charge in [-0.2, -0.15) is 0 Å². The third kappa shape index (κ3) is 6.28. The molecule has 162 valence electrons. The van der Waals surface area contributed by atoms with Crippen molar-refractivity contribution in [3.63, 3.8) is 0 Å². The van der Waals surface area contributed by atoms with Gasteiger partial charge in [0, 0.05) is 24.0 Å². The first-order chi connectivity index (χ1) is 14.9. The van der Waals surface area contributed by atoms with E-state index < -0.39 is 0 Å². The Morgan fingerprint density at radius 3 is 2.39 bits per heavy atom. The van der Waals surface area contributed by atoms with Crippen LogP contribution in [0.15, 0.2) is 46.8 Å². The maximum Gasteiger partial charge on any atom is 0.237 e. The number of carbonyl (C=O) groups is 2. The Hall–Kier alpha value is -2.91. The second-order valence-corrected chi connectivity index (χ2v) is 9.53. The fraction of sp³-hybridized carbons (Fsp3) is 0.273. The number of hydrogen-bond acceptors (Lipinski definition) is 7. The molecule has 0 fully saturated rings. The summed E-state index contributed by atoms with van der Waals surface area (Å²) in [5, 5.41) is 17.7. The normalized spacial score (nSPS) is 11.6. The van der Waals surface area contributed by atoms with Crippen molar-refractivity contribution in [1.82, 2.24) is 10.2 Å². The summed E-state index contributed by atoms with van der Waals surface area (Å²) in [4.78, 5) is 23.6. The molecule has 0 spiro atoms. The van der Waals surface area contributed by atoms with E-state index in [-0.39, 0.29) is 17.1 Å². The molecule has 0 aliphatic rings. The maximum absolute atomic E-state index is 12.5. The lowest BCUT2D eigenvalue weighted by atomic mass is 10.1. The van der Waals surface area contributed by atoms with Gasteiger partial charge < -0.3 is 16.0 Å². The molecule has 2 aromatic carbocycles. The quantitative estimate of drug-likeness (QED) is 0.403. The van der Waals surface area contributed by atoms with Crippen molar-refractivity contribution in [3.8, 4) is 0 Å². The van der Waals surface area contributed by atoms with Crippen LogP contribution in [0.2, 0.25) is 0 Å². The molecule has 0 bridgehead atoms. The molecule has 0 saturated heterocycles. The number of rotatable bonds is 8. The Kier molecular flexibility index (Phi) is 7.64. The standard InChI is InChI=1S/C22H25N5O2S2/c1-5-16-8-6-7-13(2)19(16)25-21-26-27-22(31-21)30-14(3)20(29)24-18-11-9-17(10-12-18)23-15(4)28/h6-12,14H,5H2,1-4H3,(H,23,28)(H,24,29)(H,25,26). The number of hydrogen-bond donors (Lipinski definition) is 3. The Balaban J connectivity index is 1.58. The first-order valence-electron chi connectivity index (χ1n) is 9.90. The average molecular weight is 456 g/mol. The van der Waals surface area contributed by atoms with Crippen molar-refractivity contribution in [2.24, 2.45) is 0 Å². The van der Waals surface area contributed by atoms with Crippen LogP contribution in [-0.4, -0.2) is 27.3 Å². The second kappa shape index (κ2) is 10.4. The topological polar surface area (TPSA) is 96.0 Å². The number of thioether (sulfide) groups is 1. The Morgan fingerprint density at radius 2 is 1.74 bits per heavy atom. The molecule has 0 radical (unpaired) electrons. The highest BCUT2D eigenvalue weighted by molar-refractivity contribution is 8.02. The third-order valence-corrected chi connectivity index (χ3v) is 6.52. The van der Waals surface area contributed by atoms with E-state index in [4.69, 9.17) is 0 Å². The van der Waals surface area contributed by atoms with E-state index >= 15 is 0 Å². The average Bonchev–Trinajstić information content (AvgIpc) is 3.17. The van der Waals surface area contributed by atoms with Gasteiger partial charge in [0.05, 0.1) is 5.25 Å². The summed E-state index contributed by atoms with van der Waals surface area (Å²) >= 11 is 2.79. The highest BCUT2D eigenvalue weighted by Crippen LogP contribution is 2.32. The number of para-hydroxylation sites is 1. The lowest BCUT2D eigenvalue weighted by Crippen LogP contribution is -2.22. The van der Waals surface area contributed by atoms with E-state index in [1.807, 2.05) is 6.92 Å². The van der Waals surface area contributed by atoms with E-state index in [9.17, 15) is 9.59 Å². The minimum Gasteiger partial charge on any atom is -0.330 e. The molecular weight excluding hydrogens is 430 g/mol. The van der Waals surface area contributed by atoms with Crippen LogP contribution in [0.3, 0.4) is 0 Å². The van der Waals surface area contributed by atoms with Crippen LogP contribution in [0, 0.1) is 6.92 Å². The van der Waals surface area contributed by atoms with Gasteiger partial charge in [0.1, 0.15) is 0 Å². The Labute approximate surface area is 190 Å². The van der Waals surface area contributed by atoms with Gasteiger partial charge in [0.15, 0.2) is 4.34 Å². The van der Waals surface area contributed by atoms with Gasteiger partial charge in [-0.05, 0) is 55.7 Å². The van der Waals surface area contributed by atoms with Crippen LogP contribution >= 0.6 is 23.1 Å². The summed E-state index contributed by atoms with van der Waals surface area (Å²) in [6, 6.07) is 13.2. The molecule has 0 aliphatic heterocycles. The molecule has 1 heterocycles. The monoisotopic (exact) mass is 455 g/mol. The van der Waals surface area contributed by atoms with Crippen molar-refractivity contribution in [1.29, 1.82) is 0 Å². The van der Waals surface area contributed by atoms with Crippen molar-refractivity contribution >= 4 is 57.1 Å². The molecule has 1 atom stereocenters. The Bertz CT molecular complexity index is 1070. The fourth-order valence-electron chi connectivity index (χ4n) is 2.91. The van der Waals surface area contributed by atoms with E-state index in [0.717, 1.165) is 22.0 Å². The van der Waals surface area contributed by atoms with Crippen molar-refractivity contribution in [2.45, 2.75) is 43.7 Å². The second-order valence-electron chi connectivity index (χ2n) is 6.97. The molecule has 1 unspecified atom stereocenters. The maximum atomic E-state index is 12.5. The van der Waals surface area contributed by atoms with Gasteiger partial charge in [0.2, 0.25) is 16.9 Å². The minimum absolute atomic E-state index is 0.130. The fourth-order valence-corrected chi connectivity index (χ4v) is 4.81. The molecule has 0 aliphatic carbocycles. The number of nitrogens with zero attached hydrogens (tertiary/aromatic N) is 2. The molecule has 3 rings (SSSR count). The van der Waals surface area contributed by atoms with E-state index in [2.05, 4.69) is 58.2 Å². The van der Waals surface area contributed by atoms with E-state index in [1.54, 1.807) is 24.3 Å². The van der Waals surface area contributed by atoms with Gasteiger partial charge in [0.25, 0.3) is 0 Å². The number of aromatic nitrogens is 2. The van der Waals surface area contributed by atoms with Gasteiger partial charge in [-0.15, -0.1) is 10.2 Å². The zero-order valence-electron chi connectivity index (χ0n) is 17.9. The molecule has 3 aromatic rings. The number of aryl methyl sites for hydroxylation is 2. The highest BCUT2D eigenvalue weighted by Gasteiger charge is 2.18. The highest BCUT2D eigenvalue weighted by atomic mass is 32.2. The zero-order valence-corrected chi connectivity index (χ0v) is 19.5. The van der Waals surface area contributed by atoms with E-state index in [1.165, 1.54) is 35.6 Å². The van der Waals surface area contributed by atoms with Crippen LogP contribution in [0.1, 0.15) is 31.9 Å². The zero-order chi connectivity index (χ0) is 22.4. The molecule has 7 nitrogen and oxygen atoms in total. The lowest BCUT2D eigenvalue weighted by Gasteiger charge is -2.11. The van der Waals surface area contributed by atoms with Crippen LogP contribution < -0.4 is 16.0 Å². The molecule has 1 aromatic heterocycles. The van der Waals surface area contributed by atoms with Crippen molar-refractivity contribution in [2.75, 3.05) is 16.0 Å². The summed E-state index contributed by atoms with van der Waals surface area (Å²) in [5.74, 6) is -0.268. The third-order valence-electron chi connectivity index (χ3n) is 4.50. The van der Waals surface area contributed by atoms with Crippen LogP contribution in [0.5, 0.6) is 0 Å². The molecule has 2 amide bonds. The van der Waals surface area contributed by atoms with Crippen molar-refractivity contribution in [3.05, 3.63) is 53.6 Å². The minimum atomic E-state index is -0.347. The van der Waals surface area contributed by atoms with Crippen LogP contribution in [0.4, 0.5) is 22.2 Å². The SMILES string of the molecule is CCc1cccc(C)c1Nc1nnc(SC(C)C(=O)Nc2ccc(NC(C)=O)cc2)s1. The molecular formula is C22H25N5O2S2. The first-order valence-corrected chi connectivity index (χ1v) is 11.6. The summed E-state index contributed by atoms with van der Waals surface area (Å²) in [7, 11) is 0. The number of benzene rings is 2. The first kappa shape index (κ1) is 22.8.